The molecule has 1 unspecified atom stereocenters. The number of amides is 1. The predicted octanol–water partition coefficient (Wildman–Crippen LogP) is 4.67. The molecule has 0 saturated heterocycles. The second kappa shape index (κ2) is 9.96. The van der Waals surface area contributed by atoms with Crippen LogP contribution in [0, 0.1) is 6.92 Å². The Hall–Kier alpha value is -3.87. The van der Waals surface area contributed by atoms with Crippen LogP contribution in [0.25, 0.3) is 0 Å². The Morgan fingerprint density at radius 3 is 2.22 bits per heavy atom. The number of methoxy groups -OCH3 is 1. The van der Waals surface area contributed by atoms with Gasteiger partial charge in [-0.1, -0.05) is 30.3 Å². The molecule has 0 aliphatic heterocycles. The van der Waals surface area contributed by atoms with Crippen molar-refractivity contribution in [2.24, 2.45) is 0 Å². The highest BCUT2D eigenvalue weighted by molar-refractivity contribution is 6.02. The number of aromatic amines is 1. The fourth-order valence-electron chi connectivity index (χ4n) is 3.61. The number of Topliss-reactive ketones (excluding diaryl/α,β-unsaturated/α-hetero) is 1. The minimum absolute atomic E-state index is 0.0937. The molecule has 0 aliphatic carbocycles. The number of hydrogen-bond acceptors (Lipinski definition) is 5. The first-order chi connectivity index (χ1) is 15.3. The molecular weight excluding hydrogens is 406 g/mol. The number of esters is 1. The van der Waals surface area contributed by atoms with Gasteiger partial charge in [0.2, 0.25) is 5.91 Å². The average molecular weight is 434 g/mol. The lowest BCUT2D eigenvalue weighted by Crippen LogP contribution is -2.17. The summed E-state index contributed by atoms with van der Waals surface area (Å²) in [6.45, 7) is 5.14. The monoisotopic (exact) mass is 433 g/mol. The van der Waals surface area contributed by atoms with Crippen LogP contribution < -0.4 is 10.6 Å². The largest absolute Gasteiger partial charge is 0.465 e. The molecule has 0 fully saturated rings. The van der Waals surface area contributed by atoms with Crippen molar-refractivity contribution in [3.05, 3.63) is 82.7 Å². The zero-order chi connectivity index (χ0) is 23.3. The normalized spacial score (nSPS) is 11.5. The summed E-state index contributed by atoms with van der Waals surface area (Å²) in [5.41, 5.74) is 4.10. The van der Waals surface area contributed by atoms with Crippen LogP contribution in [-0.4, -0.2) is 29.8 Å². The van der Waals surface area contributed by atoms with E-state index in [1.54, 1.807) is 19.1 Å². The van der Waals surface area contributed by atoms with Gasteiger partial charge in [-0.15, -0.1) is 0 Å². The number of carbonyl (C=O) groups is 3. The third kappa shape index (κ3) is 5.24. The number of ether oxygens (including phenoxy) is 1. The van der Waals surface area contributed by atoms with Crippen molar-refractivity contribution in [1.82, 2.24) is 4.98 Å². The van der Waals surface area contributed by atoms with E-state index < -0.39 is 5.97 Å². The van der Waals surface area contributed by atoms with Crippen molar-refractivity contribution in [2.45, 2.75) is 33.2 Å². The SMILES string of the molecule is COC(=O)c1c(CC(=O)Nc2ccc(NC(C)c3ccccc3)cc2)[nH]c(C(C)=O)c1C. The van der Waals surface area contributed by atoms with E-state index in [4.69, 9.17) is 4.74 Å². The Bertz CT molecular complexity index is 1120. The summed E-state index contributed by atoms with van der Waals surface area (Å²) in [5, 5.41) is 6.24. The number of benzene rings is 2. The number of rotatable bonds is 8. The number of nitrogens with one attached hydrogen (secondary N) is 3. The summed E-state index contributed by atoms with van der Waals surface area (Å²) in [6, 6.07) is 17.6. The van der Waals surface area contributed by atoms with Crippen LogP contribution in [0.5, 0.6) is 0 Å². The van der Waals surface area contributed by atoms with Gasteiger partial charge in [0.05, 0.1) is 24.8 Å². The molecule has 0 bridgehead atoms. The van der Waals surface area contributed by atoms with Crippen molar-refractivity contribution >= 4 is 29.0 Å². The van der Waals surface area contributed by atoms with E-state index >= 15 is 0 Å². The van der Waals surface area contributed by atoms with E-state index in [0.29, 0.717) is 22.6 Å². The lowest BCUT2D eigenvalue weighted by molar-refractivity contribution is -0.115. The second-order valence-corrected chi connectivity index (χ2v) is 7.61. The van der Waals surface area contributed by atoms with E-state index in [0.717, 1.165) is 5.69 Å². The Kier molecular flexibility index (Phi) is 7.10. The molecule has 1 amide bonds. The van der Waals surface area contributed by atoms with Gasteiger partial charge >= 0.3 is 5.97 Å². The van der Waals surface area contributed by atoms with Gasteiger partial charge in [0.1, 0.15) is 0 Å². The molecule has 3 aromatic rings. The lowest BCUT2D eigenvalue weighted by atomic mass is 10.1. The first-order valence-corrected chi connectivity index (χ1v) is 10.3. The van der Waals surface area contributed by atoms with Crippen LogP contribution in [0.15, 0.2) is 54.6 Å². The van der Waals surface area contributed by atoms with Crippen LogP contribution in [-0.2, 0) is 16.0 Å². The molecule has 7 nitrogen and oxygen atoms in total. The maximum Gasteiger partial charge on any atom is 0.339 e. The van der Waals surface area contributed by atoms with Crippen molar-refractivity contribution < 1.29 is 19.1 Å². The van der Waals surface area contributed by atoms with Gasteiger partial charge in [-0.05, 0) is 49.2 Å². The van der Waals surface area contributed by atoms with Crippen molar-refractivity contribution in [1.29, 1.82) is 0 Å². The zero-order valence-corrected chi connectivity index (χ0v) is 18.6. The van der Waals surface area contributed by atoms with Gasteiger partial charge in [-0.2, -0.15) is 0 Å². The summed E-state index contributed by atoms with van der Waals surface area (Å²) in [6.07, 6.45) is -0.0937. The molecule has 3 rings (SSSR count). The molecule has 32 heavy (non-hydrogen) atoms. The summed E-state index contributed by atoms with van der Waals surface area (Å²) in [4.78, 5) is 39.5. The topological polar surface area (TPSA) is 100 Å². The smallest absolute Gasteiger partial charge is 0.339 e. The van der Waals surface area contributed by atoms with E-state index in [1.165, 1.54) is 19.6 Å². The molecule has 1 atom stereocenters. The number of carbonyl (C=O) groups excluding carboxylic acids is 3. The summed E-state index contributed by atoms with van der Waals surface area (Å²) in [5.74, 6) is -1.12. The van der Waals surface area contributed by atoms with Gasteiger partial charge in [-0.25, -0.2) is 4.79 Å². The maximum atomic E-state index is 12.6. The summed E-state index contributed by atoms with van der Waals surface area (Å²) >= 11 is 0. The second-order valence-electron chi connectivity index (χ2n) is 7.61. The minimum atomic E-state index is -0.586. The maximum absolute atomic E-state index is 12.6. The van der Waals surface area contributed by atoms with Crippen LogP contribution in [0.4, 0.5) is 11.4 Å². The highest BCUT2D eigenvalue weighted by Crippen LogP contribution is 2.23. The Morgan fingerprint density at radius 1 is 1.00 bits per heavy atom. The zero-order valence-electron chi connectivity index (χ0n) is 18.6. The first-order valence-electron chi connectivity index (χ1n) is 10.3. The van der Waals surface area contributed by atoms with Crippen LogP contribution in [0.3, 0.4) is 0 Å². The van der Waals surface area contributed by atoms with E-state index in [-0.39, 0.29) is 29.7 Å². The van der Waals surface area contributed by atoms with Crippen molar-refractivity contribution in [2.75, 3.05) is 17.7 Å². The molecule has 2 aromatic carbocycles. The van der Waals surface area contributed by atoms with Crippen LogP contribution >= 0.6 is 0 Å². The quantitative estimate of drug-likeness (QED) is 0.354. The predicted molar refractivity (Wildman–Crippen MR) is 124 cm³/mol. The molecule has 0 spiro atoms. The Balaban J connectivity index is 1.67. The highest BCUT2D eigenvalue weighted by Gasteiger charge is 2.24. The van der Waals surface area contributed by atoms with E-state index in [1.807, 2.05) is 30.3 Å². The molecule has 0 aliphatic rings. The molecule has 1 heterocycles. The van der Waals surface area contributed by atoms with E-state index in [2.05, 4.69) is 34.7 Å². The van der Waals surface area contributed by atoms with Gasteiger partial charge < -0.3 is 20.4 Å². The van der Waals surface area contributed by atoms with Gasteiger partial charge in [0.15, 0.2) is 5.78 Å². The summed E-state index contributed by atoms with van der Waals surface area (Å²) < 4.78 is 4.82. The third-order valence-electron chi connectivity index (χ3n) is 5.26. The molecule has 1 aromatic heterocycles. The number of anilines is 2. The average Bonchev–Trinajstić information content (AvgIpc) is 3.11. The van der Waals surface area contributed by atoms with Crippen LogP contribution in [0.2, 0.25) is 0 Å². The lowest BCUT2D eigenvalue weighted by Gasteiger charge is -2.16. The van der Waals surface area contributed by atoms with E-state index in [9.17, 15) is 14.4 Å². The number of ketones is 1. The Morgan fingerprint density at radius 2 is 1.62 bits per heavy atom. The molecule has 0 radical (unpaired) electrons. The standard InChI is InChI=1S/C25H27N3O4/c1-15-23(25(31)32-4)21(28-24(15)17(3)29)14-22(30)27-20-12-10-19(11-13-20)26-16(2)18-8-6-5-7-9-18/h5-13,16,26,28H,14H2,1-4H3,(H,27,30). The minimum Gasteiger partial charge on any atom is -0.465 e. The number of hydrogen-bond donors (Lipinski definition) is 3. The van der Waals surface area contributed by atoms with Crippen molar-refractivity contribution in [3.63, 3.8) is 0 Å². The number of aromatic nitrogens is 1. The first kappa shape index (κ1) is 22.8. The fourth-order valence-corrected chi connectivity index (χ4v) is 3.61. The summed E-state index contributed by atoms with van der Waals surface area (Å²) in [7, 11) is 1.26. The van der Waals surface area contributed by atoms with Gasteiger partial charge in [0, 0.05) is 30.0 Å². The molecule has 166 valence electrons. The van der Waals surface area contributed by atoms with Crippen LogP contribution in [0.1, 0.15) is 57.6 Å². The van der Waals surface area contributed by atoms with Gasteiger partial charge in [-0.3, -0.25) is 9.59 Å². The molecular formula is C25H27N3O4. The highest BCUT2D eigenvalue weighted by atomic mass is 16.5. The fraction of sp³-hybridized carbons (Fsp3) is 0.240. The third-order valence-corrected chi connectivity index (χ3v) is 5.26. The molecule has 3 N–H and O–H groups in total. The Labute approximate surface area is 187 Å². The molecule has 7 heteroatoms. The number of H-pyrrole nitrogens is 1. The molecule has 0 saturated carbocycles. The van der Waals surface area contributed by atoms with Gasteiger partial charge in [0.25, 0.3) is 0 Å². The van der Waals surface area contributed by atoms with Crippen molar-refractivity contribution in [3.8, 4) is 0 Å².